The quantitative estimate of drug-likeness (QED) is 0.861. The molecule has 1 N–H and O–H groups in total. The Morgan fingerprint density at radius 3 is 2.38 bits per heavy atom. The van der Waals surface area contributed by atoms with Crippen molar-refractivity contribution in [3.8, 4) is 5.75 Å². The first kappa shape index (κ1) is 15.9. The highest BCUT2D eigenvalue weighted by atomic mass is 35.5. The molecule has 112 valence electrons. The first-order valence-corrected chi connectivity index (χ1v) is 7.59. The predicted octanol–water partition coefficient (Wildman–Crippen LogP) is 4.74. The average molecular weight is 304 g/mol. The fourth-order valence-corrected chi connectivity index (χ4v) is 2.75. The molecule has 0 saturated carbocycles. The van der Waals surface area contributed by atoms with Gasteiger partial charge in [0.25, 0.3) is 0 Å². The van der Waals surface area contributed by atoms with Gasteiger partial charge in [-0.25, -0.2) is 0 Å². The van der Waals surface area contributed by atoms with Crippen molar-refractivity contribution in [1.82, 2.24) is 5.32 Å². The summed E-state index contributed by atoms with van der Waals surface area (Å²) in [6.07, 6.45) is 0.148. The Morgan fingerprint density at radius 2 is 1.76 bits per heavy atom. The van der Waals surface area contributed by atoms with Gasteiger partial charge in [-0.1, -0.05) is 35.9 Å². The largest absolute Gasteiger partial charge is 0.491 e. The van der Waals surface area contributed by atoms with Crippen LogP contribution in [0.15, 0.2) is 42.5 Å². The van der Waals surface area contributed by atoms with E-state index in [1.54, 1.807) is 0 Å². The van der Waals surface area contributed by atoms with E-state index in [4.69, 9.17) is 16.3 Å². The summed E-state index contributed by atoms with van der Waals surface area (Å²) < 4.78 is 5.95. The maximum atomic E-state index is 6.07. The van der Waals surface area contributed by atoms with Gasteiger partial charge in [0, 0.05) is 10.6 Å². The van der Waals surface area contributed by atoms with Crippen molar-refractivity contribution in [3.63, 3.8) is 0 Å². The Kier molecular flexibility index (Phi) is 5.27. The number of rotatable bonds is 5. The van der Waals surface area contributed by atoms with Gasteiger partial charge in [0.1, 0.15) is 5.75 Å². The molecule has 0 bridgehead atoms. The molecule has 3 heteroatoms. The monoisotopic (exact) mass is 303 g/mol. The second-order valence-corrected chi connectivity index (χ2v) is 5.86. The highest BCUT2D eigenvalue weighted by Crippen LogP contribution is 2.32. The minimum Gasteiger partial charge on any atom is -0.491 e. The number of aryl methyl sites for hydroxylation is 1. The number of hydrogen-bond donors (Lipinski definition) is 1. The van der Waals surface area contributed by atoms with Gasteiger partial charge in [-0.05, 0) is 57.1 Å². The molecule has 2 aromatic carbocycles. The molecule has 21 heavy (non-hydrogen) atoms. The number of para-hydroxylation sites is 1. The van der Waals surface area contributed by atoms with Gasteiger partial charge < -0.3 is 10.1 Å². The molecule has 1 unspecified atom stereocenters. The fraction of sp³-hybridized carbons (Fsp3) is 0.333. The minimum absolute atomic E-state index is 0.0808. The lowest BCUT2D eigenvalue weighted by molar-refractivity contribution is 0.238. The van der Waals surface area contributed by atoms with Crippen LogP contribution in [0.1, 0.15) is 36.6 Å². The number of hydrogen-bond acceptors (Lipinski definition) is 2. The molecule has 0 aromatic heterocycles. The topological polar surface area (TPSA) is 21.3 Å². The van der Waals surface area contributed by atoms with E-state index in [2.05, 4.69) is 24.4 Å². The summed E-state index contributed by atoms with van der Waals surface area (Å²) in [6, 6.07) is 14.2. The Balaban J connectivity index is 2.46. The molecule has 2 rings (SSSR count). The Labute approximate surface area is 132 Å². The normalized spacial score (nSPS) is 12.5. The maximum Gasteiger partial charge on any atom is 0.124 e. The predicted molar refractivity (Wildman–Crippen MR) is 89.3 cm³/mol. The molecular formula is C18H22ClNO. The van der Waals surface area contributed by atoms with Gasteiger partial charge in [-0.3, -0.25) is 0 Å². The second-order valence-electron chi connectivity index (χ2n) is 5.43. The van der Waals surface area contributed by atoms with Crippen LogP contribution in [-0.4, -0.2) is 13.2 Å². The summed E-state index contributed by atoms with van der Waals surface area (Å²) in [5, 5.41) is 4.15. The van der Waals surface area contributed by atoms with Crippen LogP contribution in [0.3, 0.4) is 0 Å². The molecule has 0 heterocycles. The zero-order valence-electron chi connectivity index (χ0n) is 13.0. The SMILES string of the molecule is CNC(c1ccc(Cl)cc1C)c1ccccc1OC(C)C. The van der Waals surface area contributed by atoms with Crippen molar-refractivity contribution in [2.75, 3.05) is 7.05 Å². The van der Waals surface area contributed by atoms with Crippen LogP contribution in [-0.2, 0) is 0 Å². The van der Waals surface area contributed by atoms with E-state index >= 15 is 0 Å². The molecule has 0 aliphatic heterocycles. The van der Waals surface area contributed by atoms with E-state index in [1.807, 2.05) is 51.2 Å². The molecule has 1 atom stereocenters. The molecule has 2 nitrogen and oxygen atoms in total. The van der Waals surface area contributed by atoms with Gasteiger partial charge in [-0.15, -0.1) is 0 Å². The number of nitrogens with one attached hydrogen (secondary N) is 1. The van der Waals surface area contributed by atoms with Crippen LogP contribution in [0.5, 0.6) is 5.75 Å². The zero-order chi connectivity index (χ0) is 15.4. The molecule has 0 radical (unpaired) electrons. The molecule has 0 aliphatic carbocycles. The van der Waals surface area contributed by atoms with Crippen LogP contribution in [0, 0.1) is 6.92 Å². The molecule has 0 saturated heterocycles. The second kappa shape index (κ2) is 6.97. The first-order chi connectivity index (χ1) is 10.0. The fourth-order valence-electron chi connectivity index (χ4n) is 2.52. The summed E-state index contributed by atoms with van der Waals surface area (Å²) in [5.41, 5.74) is 3.52. The molecule has 0 fully saturated rings. The third kappa shape index (κ3) is 3.78. The van der Waals surface area contributed by atoms with Crippen molar-refractivity contribution >= 4 is 11.6 Å². The first-order valence-electron chi connectivity index (χ1n) is 7.21. The van der Waals surface area contributed by atoms with E-state index in [0.29, 0.717) is 0 Å². The number of benzene rings is 2. The molecule has 2 aromatic rings. The van der Waals surface area contributed by atoms with E-state index in [9.17, 15) is 0 Å². The summed E-state index contributed by atoms with van der Waals surface area (Å²) in [5.74, 6) is 0.918. The van der Waals surface area contributed by atoms with Gasteiger partial charge in [0.2, 0.25) is 0 Å². The van der Waals surface area contributed by atoms with Crippen molar-refractivity contribution in [2.24, 2.45) is 0 Å². The summed E-state index contributed by atoms with van der Waals surface area (Å²) in [4.78, 5) is 0. The molecule has 0 aliphatic rings. The van der Waals surface area contributed by atoms with Gasteiger partial charge >= 0.3 is 0 Å². The van der Waals surface area contributed by atoms with Gasteiger partial charge in [0.05, 0.1) is 12.1 Å². The zero-order valence-corrected chi connectivity index (χ0v) is 13.7. The van der Waals surface area contributed by atoms with Gasteiger partial charge in [-0.2, -0.15) is 0 Å². The van der Waals surface area contributed by atoms with E-state index in [-0.39, 0.29) is 12.1 Å². The average Bonchev–Trinajstić information content (AvgIpc) is 2.43. The van der Waals surface area contributed by atoms with E-state index in [0.717, 1.165) is 16.3 Å². The molecule has 0 spiro atoms. The summed E-state index contributed by atoms with van der Waals surface area (Å²) in [7, 11) is 1.96. The molecular weight excluding hydrogens is 282 g/mol. The maximum absolute atomic E-state index is 6.07. The van der Waals surface area contributed by atoms with Crippen LogP contribution in [0.2, 0.25) is 5.02 Å². The van der Waals surface area contributed by atoms with Crippen LogP contribution in [0.4, 0.5) is 0 Å². The Hall–Kier alpha value is -1.51. The highest BCUT2D eigenvalue weighted by Gasteiger charge is 2.18. The van der Waals surface area contributed by atoms with Crippen molar-refractivity contribution in [1.29, 1.82) is 0 Å². The smallest absolute Gasteiger partial charge is 0.124 e. The molecule has 0 amide bonds. The van der Waals surface area contributed by atoms with E-state index < -0.39 is 0 Å². The van der Waals surface area contributed by atoms with Crippen LogP contribution < -0.4 is 10.1 Å². The lowest BCUT2D eigenvalue weighted by Gasteiger charge is -2.23. The third-order valence-corrected chi connectivity index (χ3v) is 3.66. The summed E-state index contributed by atoms with van der Waals surface area (Å²) in [6.45, 7) is 6.16. The highest BCUT2D eigenvalue weighted by molar-refractivity contribution is 6.30. The summed E-state index contributed by atoms with van der Waals surface area (Å²) >= 11 is 6.07. The number of ether oxygens (including phenoxy) is 1. The standard InChI is InChI=1S/C18H22ClNO/c1-12(2)21-17-8-6-5-7-16(17)18(20-4)15-10-9-14(19)11-13(15)3/h5-12,18,20H,1-4H3. The van der Waals surface area contributed by atoms with Crippen molar-refractivity contribution in [2.45, 2.75) is 32.9 Å². The minimum atomic E-state index is 0.0808. The third-order valence-electron chi connectivity index (χ3n) is 3.42. The van der Waals surface area contributed by atoms with Crippen LogP contribution in [0.25, 0.3) is 0 Å². The lowest BCUT2D eigenvalue weighted by atomic mass is 9.94. The lowest BCUT2D eigenvalue weighted by Crippen LogP contribution is -2.20. The van der Waals surface area contributed by atoms with Crippen LogP contribution >= 0.6 is 11.6 Å². The number of halogens is 1. The van der Waals surface area contributed by atoms with E-state index in [1.165, 1.54) is 11.1 Å². The Morgan fingerprint density at radius 1 is 1.05 bits per heavy atom. The van der Waals surface area contributed by atoms with Gasteiger partial charge in [0.15, 0.2) is 0 Å². The van der Waals surface area contributed by atoms with Crippen molar-refractivity contribution < 1.29 is 4.74 Å². The Bertz CT molecular complexity index is 610. The van der Waals surface area contributed by atoms with Crippen molar-refractivity contribution in [3.05, 3.63) is 64.2 Å².